The van der Waals surface area contributed by atoms with Crippen LogP contribution in [0.5, 0.6) is 0 Å². The molecule has 0 bridgehead atoms. The first kappa shape index (κ1) is 13.9. The summed E-state index contributed by atoms with van der Waals surface area (Å²) in [6.45, 7) is 5.42. The number of benzene rings is 1. The minimum atomic E-state index is -0.462. The van der Waals surface area contributed by atoms with Crippen molar-refractivity contribution in [2.75, 3.05) is 6.61 Å². The van der Waals surface area contributed by atoms with Gasteiger partial charge < -0.3 is 4.74 Å². The minimum absolute atomic E-state index is 0.00325. The largest absolute Gasteiger partial charge is 0.463 e. The molecule has 0 heterocycles. The quantitative estimate of drug-likeness (QED) is 0.356. The van der Waals surface area contributed by atoms with Crippen LogP contribution in [0.4, 0.5) is 5.69 Å². The Kier molecular flexibility index (Phi) is 4.59. The predicted molar refractivity (Wildman–Crippen MR) is 68.0 cm³/mol. The Morgan fingerprint density at radius 3 is 2.61 bits per heavy atom. The first-order valence-corrected chi connectivity index (χ1v) is 5.56. The maximum Gasteiger partial charge on any atom is 0.333 e. The van der Waals surface area contributed by atoms with E-state index in [0.717, 1.165) is 0 Å². The standard InChI is InChI=1S/C13H15NO4/c1-4-18-13(15)10(3)9(2)11-6-5-7-12(8-11)14(16)17/h5-8H,4H2,1-3H3. The third kappa shape index (κ3) is 3.16. The lowest BCUT2D eigenvalue weighted by molar-refractivity contribution is -0.384. The number of rotatable bonds is 4. The molecule has 0 spiro atoms. The molecule has 0 radical (unpaired) electrons. The van der Waals surface area contributed by atoms with Crippen LogP contribution in [0.2, 0.25) is 0 Å². The molecule has 0 saturated heterocycles. The number of carbonyl (C=O) groups is 1. The van der Waals surface area contributed by atoms with E-state index in [-0.39, 0.29) is 5.69 Å². The van der Waals surface area contributed by atoms with Crippen LogP contribution >= 0.6 is 0 Å². The number of hydrogen-bond donors (Lipinski definition) is 0. The maximum absolute atomic E-state index is 11.6. The highest BCUT2D eigenvalue weighted by Gasteiger charge is 2.12. The smallest absolute Gasteiger partial charge is 0.333 e. The number of esters is 1. The van der Waals surface area contributed by atoms with E-state index < -0.39 is 10.9 Å². The molecular weight excluding hydrogens is 234 g/mol. The third-order valence-electron chi connectivity index (χ3n) is 2.63. The summed E-state index contributed by atoms with van der Waals surface area (Å²) in [5, 5.41) is 10.7. The Labute approximate surface area is 105 Å². The van der Waals surface area contributed by atoms with Crippen molar-refractivity contribution in [2.45, 2.75) is 20.8 Å². The zero-order chi connectivity index (χ0) is 13.7. The molecule has 5 nitrogen and oxygen atoms in total. The van der Waals surface area contributed by atoms with Gasteiger partial charge in [0, 0.05) is 17.7 Å². The topological polar surface area (TPSA) is 69.4 Å². The molecule has 0 aliphatic heterocycles. The van der Waals surface area contributed by atoms with Crippen LogP contribution < -0.4 is 0 Å². The van der Waals surface area contributed by atoms with E-state index in [2.05, 4.69) is 0 Å². The summed E-state index contributed by atoms with van der Waals surface area (Å²) in [6.07, 6.45) is 0. The average Bonchev–Trinajstić information content (AvgIpc) is 2.37. The number of nitrogens with zero attached hydrogens (tertiary/aromatic N) is 1. The first-order valence-electron chi connectivity index (χ1n) is 5.56. The van der Waals surface area contributed by atoms with Gasteiger partial charge in [0.1, 0.15) is 0 Å². The SMILES string of the molecule is CCOC(=O)C(C)=C(C)c1cccc([N+](=O)[O-])c1. The van der Waals surface area contributed by atoms with Crippen LogP contribution in [0, 0.1) is 10.1 Å². The maximum atomic E-state index is 11.6. The molecule has 0 amide bonds. The molecule has 1 rings (SSSR count). The van der Waals surface area contributed by atoms with Gasteiger partial charge in [-0.05, 0) is 31.9 Å². The number of nitro benzene ring substituents is 1. The van der Waals surface area contributed by atoms with Gasteiger partial charge in [-0.25, -0.2) is 4.79 Å². The van der Waals surface area contributed by atoms with Gasteiger partial charge in [-0.1, -0.05) is 12.1 Å². The summed E-state index contributed by atoms with van der Waals surface area (Å²) in [6, 6.07) is 6.18. The van der Waals surface area contributed by atoms with E-state index in [1.165, 1.54) is 12.1 Å². The van der Waals surface area contributed by atoms with Gasteiger partial charge in [0.15, 0.2) is 0 Å². The second-order valence-corrected chi connectivity index (χ2v) is 3.78. The Balaban J connectivity index is 3.13. The number of ether oxygens (including phenoxy) is 1. The van der Waals surface area contributed by atoms with Gasteiger partial charge in [-0.15, -0.1) is 0 Å². The molecule has 0 fully saturated rings. The monoisotopic (exact) mass is 249 g/mol. The second-order valence-electron chi connectivity index (χ2n) is 3.78. The summed E-state index contributed by atoms with van der Waals surface area (Å²) in [4.78, 5) is 21.8. The van der Waals surface area contributed by atoms with E-state index >= 15 is 0 Å². The number of non-ortho nitro benzene ring substituents is 1. The fourth-order valence-corrected chi connectivity index (χ4v) is 1.46. The van der Waals surface area contributed by atoms with Crippen LogP contribution in [0.15, 0.2) is 29.8 Å². The molecule has 1 aromatic rings. The van der Waals surface area contributed by atoms with Crippen molar-refractivity contribution in [2.24, 2.45) is 0 Å². The summed E-state index contributed by atoms with van der Waals surface area (Å²) in [5.74, 6) is -0.401. The fourth-order valence-electron chi connectivity index (χ4n) is 1.46. The van der Waals surface area contributed by atoms with Crippen LogP contribution in [-0.2, 0) is 9.53 Å². The number of hydrogen-bond acceptors (Lipinski definition) is 4. The van der Waals surface area contributed by atoms with Crippen LogP contribution in [0.25, 0.3) is 5.57 Å². The highest BCUT2D eigenvalue weighted by molar-refractivity contribution is 5.96. The summed E-state index contributed by atoms with van der Waals surface area (Å²) in [5.41, 5.74) is 1.78. The van der Waals surface area contributed by atoms with Crippen LogP contribution in [-0.4, -0.2) is 17.5 Å². The van der Waals surface area contributed by atoms with Crippen molar-refractivity contribution in [1.29, 1.82) is 0 Å². The predicted octanol–water partition coefficient (Wildman–Crippen LogP) is 2.95. The average molecular weight is 249 g/mol. The van der Waals surface area contributed by atoms with Crippen LogP contribution in [0.3, 0.4) is 0 Å². The van der Waals surface area contributed by atoms with Crippen molar-refractivity contribution in [3.05, 3.63) is 45.5 Å². The number of carbonyl (C=O) groups excluding carboxylic acids is 1. The lowest BCUT2D eigenvalue weighted by atomic mass is 10.0. The van der Waals surface area contributed by atoms with E-state index in [1.54, 1.807) is 32.9 Å². The first-order chi connectivity index (χ1) is 8.47. The van der Waals surface area contributed by atoms with E-state index in [0.29, 0.717) is 23.3 Å². The summed E-state index contributed by atoms with van der Waals surface area (Å²) >= 11 is 0. The molecule has 0 unspecified atom stereocenters. The van der Waals surface area contributed by atoms with Crippen molar-refractivity contribution >= 4 is 17.2 Å². The van der Waals surface area contributed by atoms with Crippen molar-refractivity contribution in [1.82, 2.24) is 0 Å². The zero-order valence-electron chi connectivity index (χ0n) is 10.6. The lowest BCUT2D eigenvalue weighted by Crippen LogP contribution is -2.06. The number of nitro groups is 1. The molecule has 0 atom stereocenters. The van der Waals surface area contributed by atoms with Gasteiger partial charge in [0.05, 0.1) is 11.5 Å². The van der Waals surface area contributed by atoms with Gasteiger partial charge in [-0.2, -0.15) is 0 Å². The Hall–Kier alpha value is -2.17. The summed E-state index contributed by atoms with van der Waals surface area (Å²) < 4.78 is 4.89. The third-order valence-corrected chi connectivity index (χ3v) is 2.63. The number of allylic oxidation sites excluding steroid dienone is 1. The van der Waals surface area contributed by atoms with E-state index in [4.69, 9.17) is 4.74 Å². The van der Waals surface area contributed by atoms with Gasteiger partial charge in [0.2, 0.25) is 0 Å². The Morgan fingerprint density at radius 2 is 2.06 bits per heavy atom. The highest BCUT2D eigenvalue weighted by Crippen LogP contribution is 2.22. The fraction of sp³-hybridized carbons (Fsp3) is 0.308. The minimum Gasteiger partial charge on any atom is -0.463 e. The molecule has 5 heteroatoms. The van der Waals surface area contributed by atoms with E-state index in [1.807, 2.05) is 0 Å². The van der Waals surface area contributed by atoms with Crippen LogP contribution in [0.1, 0.15) is 26.3 Å². The van der Waals surface area contributed by atoms with Gasteiger partial charge in [-0.3, -0.25) is 10.1 Å². The molecule has 0 saturated carbocycles. The van der Waals surface area contributed by atoms with Crippen molar-refractivity contribution in [3.63, 3.8) is 0 Å². The normalized spacial score (nSPS) is 11.7. The lowest BCUT2D eigenvalue weighted by Gasteiger charge is -2.07. The molecule has 18 heavy (non-hydrogen) atoms. The Bertz CT molecular complexity index is 505. The molecular formula is C13H15NO4. The highest BCUT2D eigenvalue weighted by atomic mass is 16.6. The molecule has 1 aromatic carbocycles. The molecule has 0 N–H and O–H groups in total. The Morgan fingerprint density at radius 1 is 1.39 bits per heavy atom. The molecule has 0 aliphatic carbocycles. The van der Waals surface area contributed by atoms with Crippen molar-refractivity contribution in [3.8, 4) is 0 Å². The molecule has 0 aromatic heterocycles. The summed E-state index contributed by atoms with van der Waals surface area (Å²) in [7, 11) is 0. The van der Waals surface area contributed by atoms with Gasteiger partial charge >= 0.3 is 5.97 Å². The second kappa shape index (κ2) is 5.95. The zero-order valence-corrected chi connectivity index (χ0v) is 10.6. The molecule has 96 valence electrons. The van der Waals surface area contributed by atoms with E-state index in [9.17, 15) is 14.9 Å². The van der Waals surface area contributed by atoms with Crippen molar-refractivity contribution < 1.29 is 14.5 Å². The molecule has 0 aliphatic rings. The van der Waals surface area contributed by atoms with Gasteiger partial charge in [0.25, 0.3) is 5.69 Å².